The number of rotatable bonds is 1. The molecule has 4 nitrogen and oxygen atoms in total. The number of benzene rings is 1. The van der Waals surface area contributed by atoms with E-state index in [0.717, 1.165) is 0 Å². The van der Waals surface area contributed by atoms with Crippen molar-refractivity contribution in [3.05, 3.63) is 27.1 Å². The molecule has 0 amide bonds. The summed E-state index contributed by atoms with van der Waals surface area (Å²) < 4.78 is 0. The summed E-state index contributed by atoms with van der Waals surface area (Å²) in [6.07, 6.45) is 0. The minimum atomic E-state index is -0.364. The second kappa shape index (κ2) is 3.16. The maximum absolute atomic E-state index is 10.4. The summed E-state index contributed by atoms with van der Waals surface area (Å²) in [5.74, 6) is 0. The van der Waals surface area contributed by atoms with E-state index < -0.39 is 0 Å². The topological polar surface area (TPSA) is 66.3 Å². The maximum atomic E-state index is 10.4. The predicted molar refractivity (Wildman–Crippen MR) is 45.9 cm³/mol. The van der Waals surface area contributed by atoms with Gasteiger partial charge in [-0.2, -0.15) is 0 Å². The minimum Gasteiger partial charge on any atom is -0.393 e. The molecule has 0 unspecified atom stereocenters. The lowest BCUT2D eigenvalue weighted by Crippen LogP contribution is -1.97. The molecule has 0 saturated carbocycles. The number of halogens is 2. The van der Waals surface area contributed by atoms with Crippen molar-refractivity contribution >= 4 is 34.6 Å². The predicted octanol–water partition coefficient (Wildman–Crippen LogP) is 2.38. The zero-order chi connectivity index (χ0) is 9.30. The van der Waals surface area contributed by atoms with Crippen LogP contribution in [0, 0.1) is 4.91 Å². The summed E-state index contributed by atoms with van der Waals surface area (Å²) in [5.41, 5.74) is 5.30. The highest BCUT2D eigenvalue weighted by atomic mass is 35.5. The van der Waals surface area contributed by atoms with Gasteiger partial charge in [-0.3, -0.25) is 0 Å². The minimum absolute atomic E-state index is 0.0712. The van der Waals surface area contributed by atoms with E-state index in [1.807, 2.05) is 0 Å². The third kappa shape index (κ3) is 1.60. The van der Waals surface area contributed by atoms with Gasteiger partial charge in [0.25, 0.3) is 4.92 Å². The summed E-state index contributed by atoms with van der Waals surface area (Å²) >= 11 is 11.1. The molecule has 1 aromatic rings. The SMILES string of the molecule is Nc1cc(Cl)c(Cl)cc1[N+](=O)O. The van der Waals surface area contributed by atoms with Crippen molar-refractivity contribution in [1.82, 2.24) is 0 Å². The highest BCUT2D eigenvalue weighted by molar-refractivity contribution is 6.42. The fourth-order valence-electron chi connectivity index (χ4n) is 0.717. The van der Waals surface area contributed by atoms with E-state index in [-0.39, 0.29) is 26.3 Å². The first-order valence-electron chi connectivity index (χ1n) is 2.93. The van der Waals surface area contributed by atoms with Gasteiger partial charge in [-0.25, -0.2) is 5.21 Å². The van der Waals surface area contributed by atoms with E-state index in [1.165, 1.54) is 12.1 Å². The third-order valence-electron chi connectivity index (χ3n) is 1.28. The van der Waals surface area contributed by atoms with Crippen LogP contribution in [0.2, 0.25) is 10.0 Å². The largest absolute Gasteiger partial charge is 0.393 e. The molecule has 0 spiro atoms. The van der Waals surface area contributed by atoms with Crippen molar-refractivity contribution in [2.75, 3.05) is 5.73 Å². The molecule has 1 rings (SSSR count). The van der Waals surface area contributed by atoms with Crippen molar-refractivity contribution in [3.63, 3.8) is 0 Å². The van der Waals surface area contributed by atoms with Gasteiger partial charge in [0.15, 0.2) is 0 Å². The maximum Gasteiger partial charge on any atom is 0.340 e. The van der Waals surface area contributed by atoms with Crippen LogP contribution in [0.25, 0.3) is 0 Å². The van der Waals surface area contributed by atoms with E-state index in [0.29, 0.717) is 0 Å². The molecule has 12 heavy (non-hydrogen) atoms. The van der Waals surface area contributed by atoms with Gasteiger partial charge in [0, 0.05) is 6.07 Å². The zero-order valence-electron chi connectivity index (χ0n) is 5.79. The molecule has 0 aromatic heterocycles. The summed E-state index contributed by atoms with van der Waals surface area (Å²) in [6, 6.07) is 2.48. The van der Waals surface area contributed by atoms with Gasteiger partial charge < -0.3 is 5.73 Å². The highest BCUT2D eigenvalue weighted by Crippen LogP contribution is 2.31. The lowest BCUT2D eigenvalue weighted by atomic mass is 10.3. The van der Waals surface area contributed by atoms with Crippen LogP contribution >= 0.6 is 23.2 Å². The zero-order valence-corrected chi connectivity index (χ0v) is 7.30. The first kappa shape index (κ1) is 9.09. The molecule has 64 valence electrons. The Bertz CT molecular complexity index is 341. The normalized spacial score (nSPS) is 9.83. The Morgan fingerprint density at radius 2 is 1.83 bits per heavy atom. The van der Waals surface area contributed by atoms with Crippen molar-refractivity contribution in [2.45, 2.75) is 0 Å². The number of anilines is 1. The van der Waals surface area contributed by atoms with Gasteiger partial charge in [-0.15, -0.1) is 0 Å². The first-order chi connectivity index (χ1) is 5.52. The number of nitrogens with zero attached hydrogens (tertiary/aromatic N) is 1. The van der Waals surface area contributed by atoms with Crippen molar-refractivity contribution in [3.8, 4) is 0 Å². The van der Waals surface area contributed by atoms with Gasteiger partial charge in [0.1, 0.15) is 5.69 Å². The van der Waals surface area contributed by atoms with Crippen LogP contribution in [0.1, 0.15) is 0 Å². The molecule has 0 bridgehead atoms. The van der Waals surface area contributed by atoms with Gasteiger partial charge >= 0.3 is 5.69 Å². The molecule has 0 radical (unpaired) electrons. The van der Waals surface area contributed by atoms with Crippen molar-refractivity contribution in [2.24, 2.45) is 0 Å². The van der Waals surface area contributed by atoms with Gasteiger partial charge in [0.05, 0.1) is 15.0 Å². The van der Waals surface area contributed by atoms with Gasteiger partial charge in [0.2, 0.25) is 0 Å². The Labute approximate surface area is 78.0 Å². The Kier molecular flexibility index (Phi) is 2.40. The molecule has 0 heterocycles. The number of hydrogen-bond donors (Lipinski definition) is 2. The summed E-state index contributed by atoms with van der Waals surface area (Å²) in [4.78, 5) is 10.1. The molecular weight excluding hydrogens is 203 g/mol. The van der Waals surface area contributed by atoms with E-state index in [9.17, 15) is 4.91 Å². The second-order valence-electron chi connectivity index (χ2n) is 2.10. The molecule has 0 aliphatic heterocycles. The van der Waals surface area contributed by atoms with E-state index in [1.54, 1.807) is 0 Å². The lowest BCUT2D eigenvalue weighted by molar-refractivity contribution is -0.729. The van der Waals surface area contributed by atoms with Gasteiger partial charge in [-0.1, -0.05) is 23.2 Å². The quantitative estimate of drug-likeness (QED) is 0.549. The monoisotopic (exact) mass is 207 g/mol. The molecule has 0 atom stereocenters. The Hall–Kier alpha value is -1.00. The van der Waals surface area contributed by atoms with Crippen LogP contribution in [0.4, 0.5) is 11.4 Å². The Morgan fingerprint density at radius 3 is 2.33 bits per heavy atom. The first-order valence-corrected chi connectivity index (χ1v) is 3.68. The van der Waals surface area contributed by atoms with E-state index in [4.69, 9.17) is 34.1 Å². The molecular formula is C6H5Cl2N2O2+. The highest BCUT2D eigenvalue weighted by Gasteiger charge is 2.18. The van der Waals surface area contributed by atoms with Gasteiger partial charge in [-0.05, 0) is 6.07 Å². The van der Waals surface area contributed by atoms with Crippen LogP contribution in [0.15, 0.2) is 12.1 Å². The Balaban J connectivity index is 3.33. The molecule has 3 N–H and O–H groups in total. The van der Waals surface area contributed by atoms with Crippen LogP contribution in [0.3, 0.4) is 0 Å². The summed E-state index contributed by atoms with van der Waals surface area (Å²) in [7, 11) is 0. The third-order valence-corrected chi connectivity index (χ3v) is 2.00. The van der Waals surface area contributed by atoms with Crippen LogP contribution in [0.5, 0.6) is 0 Å². The fraction of sp³-hybridized carbons (Fsp3) is 0. The number of nitrogens with two attached hydrogens (primary N) is 1. The standard InChI is InChI=1S/C6H5Cl2N2O2/c7-3-1-5(9)6(10(11)12)2-4(3)8/h1-2H,9H2,(H,11,12)/q+1. The second-order valence-corrected chi connectivity index (χ2v) is 2.91. The number of hydrogen-bond acceptors (Lipinski definition) is 2. The summed E-state index contributed by atoms with van der Waals surface area (Å²) in [5, 5.41) is 8.91. The molecule has 0 saturated heterocycles. The average Bonchev–Trinajstić information content (AvgIpc) is 1.96. The Morgan fingerprint density at radius 1 is 1.33 bits per heavy atom. The van der Waals surface area contributed by atoms with Crippen LogP contribution < -0.4 is 5.73 Å². The molecule has 0 aliphatic rings. The molecule has 0 fully saturated rings. The van der Waals surface area contributed by atoms with Crippen molar-refractivity contribution < 1.29 is 10.1 Å². The molecule has 6 heteroatoms. The van der Waals surface area contributed by atoms with Crippen LogP contribution in [-0.4, -0.2) is 10.1 Å². The smallest absolute Gasteiger partial charge is 0.340 e. The van der Waals surface area contributed by atoms with Crippen LogP contribution in [-0.2, 0) is 0 Å². The average molecular weight is 208 g/mol. The van der Waals surface area contributed by atoms with E-state index in [2.05, 4.69) is 0 Å². The fourth-order valence-corrected chi connectivity index (χ4v) is 1.05. The number of nitrogen functional groups attached to an aromatic ring is 1. The van der Waals surface area contributed by atoms with E-state index >= 15 is 0 Å². The lowest BCUT2D eigenvalue weighted by Gasteiger charge is -1.95. The molecule has 1 aromatic carbocycles. The summed E-state index contributed by atoms with van der Waals surface area (Å²) in [6.45, 7) is 0. The van der Waals surface area contributed by atoms with Crippen molar-refractivity contribution in [1.29, 1.82) is 0 Å². The molecule has 0 aliphatic carbocycles.